The Morgan fingerprint density at radius 1 is 1.00 bits per heavy atom. The Morgan fingerprint density at radius 3 is 2.05 bits per heavy atom. The summed E-state index contributed by atoms with van der Waals surface area (Å²) in [7, 11) is 0. The van der Waals surface area contributed by atoms with Gasteiger partial charge in [0.2, 0.25) is 11.8 Å². The van der Waals surface area contributed by atoms with Crippen molar-refractivity contribution >= 4 is 17.5 Å². The normalized spacial score (nSPS) is 10.3. The molecule has 4 heteroatoms. The van der Waals surface area contributed by atoms with Gasteiger partial charge in [-0.2, -0.15) is 0 Å². The number of aryl methyl sites for hydroxylation is 3. The van der Waals surface area contributed by atoms with Crippen LogP contribution in [0.2, 0.25) is 0 Å². The number of nitrogens with one attached hydrogen (secondary N) is 1. The van der Waals surface area contributed by atoms with Crippen LogP contribution in [0.5, 0.6) is 0 Å². The van der Waals surface area contributed by atoms with E-state index in [4.69, 9.17) is 5.73 Å². The molecular formula is C18H20N2O2. The Bertz CT molecular complexity index is 695. The second kappa shape index (κ2) is 6.43. The van der Waals surface area contributed by atoms with Crippen molar-refractivity contribution in [2.45, 2.75) is 27.2 Å². The number of carbonyl (C=O) groups excluding carboxylic acids is 2. The fourth-order valence-corrected chi connectivity index (χ4v) is 2.57. The zero-order valence-corrected chi connectivity index (χ0v) is 13.1. The van der Waals surface area contributed by atoms with Crippen molar-refractivity contribution in [2.24, 2.45) is 5.73 Å². The zero-order valence-electron chi connectivity index (χ0n) is 13.1. The average molecular weight is 296 g/mol. The van der Waals surface area contributed by atoms with Crippen molar-refractivity contribution in [1.82, 2.24) is 0 Å². The first-order valence-corrected chi connectivity index (χ1v) is 7.13. The van der Waals surface area contributed by atoms with Crippen LogP contribution >= 0.6 is 0 Å². The molecule has 2 aromatic rings. The quantitative estimate of drug-likeness (QED) is 0.910. The predicted octanol–water partition coefficient (Wildman–Crippen LogP) is 2.89. The van der Waals surface area contributed by atoms with Crippen molar-refractivity contribution in [3.05, 3.63) is 64.2 Å². The lowest BCUT2D eigenvalue weighted by Crippen LogP contribution is -2.16. The highest BCUT2D eigenvalue weighted by molar-refractivity contribution is 5.95. The average Bonchev–Trinajstić information content (AvgIpc) is 2.43. The van der Waals surface area contributed by atoms with E-state index in [1.54, 1.807) is 24.3 Å². The Kier molecular flexibility index (Phi) is 4.61. The second-order valence-corrected chi connectivity index (χ2v) is 5.54. The maximum Gasteiger partial charge on any atom is 0.248 e. The summed E-state index contributed by atoms with van der Waals surface area (Å²) in [6, 6.07) is 10.7. The summed E-state index contributed by atoms with van der Waals surface area (Å²) in [6.45, 7) is 6.08. The molecule has 2 aromatic carbocycles. The SMILES string of the molecule is Cc1cc(C)c(CC(=O)Nc2ccc(C(N)=O)cc2)c(C)c1. The van der Waals surface area contributed by atoms with Gasteiger partial charge >= 0.3 is 0 Å². The van der Waals surface area contributed by atoms with E-state index < -0.39 is 5.91 Å². The Hall–Kier alpha value is -2.62. The third-order valence-electron chi connectivity index (χ3n) is 3.63. The summed E-state index contributed by atoms with van der Waals surface area (Å²) >= 11 is 0. The Labute approximate surface area is 130 Å². The molecule has 0 spiro atoms. The summed E-state index contributed by atoms with van der Waals surface area (Å²) < 4.78 is 0. The maximum atomic E-state index is 12.2. The maximum absolute atomic E-state index is 12.2. The monoisotopic (exact) mass is 296 g/mol. The van der Waals surface area contributed by atoms with Gasteiger partial charge in [0.15, 0.2) is 0 Å². The highest BCUT2D eigenvalue weighted by Gasteiger charge is 2.10. The third-order valence-corrected chi connectivity index (χ3v) is 3.63. The van der Waals surface area contributed by atoms with Crippen LogP contribution in [0, 0.1) is 20.8 Å². The molecule has 0 aliphatic carbocycles. The van der Waals surface area contributed by atoms with Gasteiger partial charge in [-0.25, -0.2) is 0 Å². The van der Waals surface area contributed by atoms with E-state index in [2.05, 4.69) is 17.4 Å². The summed E-state index contributed by atoms with van der Waals surface area (Å²) in [4.78, 5) is 23.2. The van der Waals surface area contributed by atoms with E-state index in [1.807, 2.05) is 20.8 Å². The molecule has 0 aliphatic rings. The number of amides is 2. The van der Waals surface area contributed by atoms with Gasteiger partial charge in [0.1, 0.15) is 0 Å². The van der Waals surface area contributed by atoms with E-state index >= 15 is 0 Å². The van der Waals surface area contributed by atoms with Crippen LogP contribution < -0.4 is 11.1 Å². The summed E-state index contributed by atoms with van der Waals surface area (Å²) in [5.74, 6) is -0.564. The van der Waals surface area contributed by atoms with Crippen LogP contribution in [0.1, 0.15) is 32.6 Å². The molecule has 22 heavy (non-hydrogen) atoms. The van der Waals surface area contributed by atoms with Crippen molar-refractivity contribution in [1.29, 1.82) is 0 Å². The summed E-state index contributed by atoms with van der Waals surface area (Å²) in [5.41, 5.74) is 10.7. The van der Waals surface area contributed by atoms with Gasteiger partial charge in [0, 0.05) is 11.3 Å². The van der Waals surface area contributed by atoms with E-state index in [-0.39, 0.29) is 5.91 Å². The van der Waals surface area contributed by atoms with Gasteiger partial charge in [-0.3, -0.25) is 9.59 Å². The summed E-state index contributed by atoms with van der Waals surface area (Å²) in [5, 5.41) is 2.83. The smallest absolute Gasteiger partial charge is 0.248 e. The molecule has 3 N–H and O–H groups in total. The van der Waals surface area contributed by atoms with Crippen LogP contribution in [0.15, 0.2) is 36.4 Å². The third kappa shape index (κ3) is 3.73. The molecule has 0 aromatic heterocycles. The molecule has 0 heterocycles. The number of nitrogens with two attached hydrogens (primary N) is 1. The standard InChI is InChI=1S/C18H20N2O2/c1-11-8-12(2)16(13(3)9-11)10-17(21)20-15-6-4-14(5-7-15)18(19)22/h4-9H,10H2,1-3H3,(H2,19,22)(H,20,21). The predicted molar refractivity (Wildman–Crippen MR) is 87.9 cm³/mol. The van der Waals surface area contributed by atoms with Crippen LogP contribution in [0.4, 0.5) is 5.69 Å². The van der Waals surface area contributed by atoms with Gasteiger partial charge in [0.25, 0.3) is 0 Å². The van der Waals surface area contributed by atoms with Crippen LogP contribution in [0.25, 0.3) is 0 Å². The van der Waals surface area contributed by atoms with Crippen molar-refractivity contribution in [3.8, 4) is 0 Å². The first kappa shape index (κ1) is 15.8. The molecule has 0 unspecified atom stereocenters. The first-order chi connectivity index (χ1) is 10.4. The van der Waals surface area contributed by atoms with Crippen molar-refractivity contribution < 1.29 is 9.59 Å². The fraction of sp³-hybridized carbons (Fsp3) is 0.222. The molecule has 0 atom stereocenters. The molecule has 2 rings (SSSR count). The molecule has 0 bridgehead atoms. The lowest BCUT2D eigenvalue weighted by Gasteiger charge is -2.12. The minimum Gasteiger partial charge on any atom is -0.366 e. The van der Waals surface area contributed by atoms with Gasteiger partial charge in [-0.05, 0) is 61.7 Å². The molecule has 0 saturated heterocycles. The first-order valence-electron chi connectivity index (χ1n) is 7.13. The zero-order chi connectivity index (χ0) is 16.3. The molecule has 2 amide bonds. The van der Waals surface area contributed by atoms with E-state index in [0.717, 1.165) is 16.7 Å². The topological polar surface area (TPSA) is 72.2 Å². The molecular weight excluding hydrogens is 276 g/mol. The van der Waals surface area contributed by atoms with Crippen molar-refractivity contribution in [2.75, 3.05) is 5.32 Å². The molecule has 0 saturated carbocycles. The minimum absolute atomic E-state index is 0.0816. The molecule has 4 nitrogen and oxygen atoms in total. The number of rotatable bonds is 4. The van der Waals surface area contributed by atoms with Crippen molar-refractivity contribution in [3.63, 3.8) is 0 Å². The minimum atomic E-state index is -0.483. The Balaban J connectivity index is 2.09. The molecule has 0 radical (unpaired) electrons. The largest absolute Gasteiger partial charge is 0.366 e. The van der Waals surface area contributed by atoms with Gasteiger partial charge in [-0.15, -0.1) is 0 Å². The number of carbonyl (C=O) groups is 2. The number of benzene rings is 2. The van der Waals surface area contributed by atoms with Crippen LogP contribution in [0.3, 0.4) is 0 Å². The van der Waals surface area contributed by atoms with E-state index in [1.165, 1.54) is 5.56 Å². The lowest BCUT2D eigenvalue weighted by atomic mass is 9.97. The lowest BCUT2D eigenvalue weighted by molar-refractivity contribution is -0.115. The number of hydrogen-bond acceptors (Lipinski definition) is 2. The van der Waals surface area contributed by atoms with Crippen LogP contribution in [-0.4, -0.2) is 11.8 Å². The molecule has 0 aliphatic heterocycles. The number of hydrogen-bond donors (Lipinski definition) is 2. The van der Waals surface area contributed by atoms with Crippen LogP contribution in [-0.2, 0) is 11.2 Å². The summed E-state index contributed by atoms with van der Waals surface area (Å²) in [6.07, 6.45) is 0.329. The number of primary amides is 1. The second-order valence-electron chi connectivity index (χ2n) is 5.54. The number of anilines is 1. The highest BCUT2D eigenvalue weighted by atomic mass is 16.2. The molecule has 0 fully saturated rings. The van der Waals surface area contributed by atoms with E-state index in [0.29, 0.717) is 17.7 Å². The van der Waals surface area contributed by atoms with E-state index in [9.17, 15) is 9.59 Å². The van der Waals surface area contributed by atoms with Gasteiger partial charge in [-0.1, -0.05) is 17.7 Å². The van der Waals surface area contributed by atoms with Gasteiger partial charge in [0.05, 0.1) is 6.42 Å². The highest BCUT2D eigenvalue weighted by Crippen LogP contribution is 2.18. The molecule has 114 valence electrons. The Morgan fingerprint density at radius 2 is 1.55 bits per heavy atom. The fourth-order valence-electron chi connectivity index (χ4n) is 2.57. The van der Waals surface area contributed by atoms with Gasteiger partial charge < -0.3 is 11.1 Å².